The Morgan fingerprint density at radius 3 is 2.96 bits per heavy atom. The van der Waals surface area contributed by atoms with Crippen molar-refractivity contribution in [3.63, 3.8) is 0 Å². The fraction of sp³-hybridized carbons (Fsp3) is 0.250. The molecule has 2 amide bonds. The van der Waals surface area contributed by atoms with Crippen LogP contribution in [0.15, 0.2) is 34.5 Å². The van der Waals surface area contributed by atoms with Crippen molar-refractivity contribution in [3.8, 4) is 0 Å². The third-order valence-corrected chi connectivity index (χ3v) is 6.08. The molecule has 1 aliphatic heterocycles. The molecule has 2 heterocycles. The Bertz CT molecular complexity index is 760. The van der Waals surface area contributed by atoms with Crippen LogP contribution in [0.3, 0.4) is 0 Å². The first-order valence-electron chi connectivity index (χ1n) is 7.09. The molecule has 1 aliphatic rings. The molecule has 0 radical (unpaired) electrons. The first-order valence-corrected chi connectivity index (χ1v) is 9.23. The van der Waals surface area contributed by atoms with E-state index in [1.54, 1.807) is 23.5 Å². The molecule has 23 heavy (non-hydrogen) atoms. The van der Waals surface area contributed by atoms with Gasteiger partial charge in [-0.15, -0.1) is 23.1 Å². The van der Waals surface area contributed by atoms with Gasteiger partial charge in [0.2, 0.25) is 11.8 Å². The van der Waals surface area contributed by atoms with Crippen LogP contribution in [0.25, 0.3) is 0 Å². The molecule has 0 bridgehead atoms. The molecule has 2 N–H and O–H groups in total. The molecule has 3 rings (SSSR count). The second-order valence-corrected chi connectivity index (χ2v) is 7.93. The molecule has 0 saturated carbocycles. The summed E-state index contributed by atoms with van der Waals surface area (Å²) in [5, 5.41) is 7.85. The van der Waals surface area contributed by atoms with Gasteiger partial charge in [-0.1, -0.05) is 11.6 Å². The van der Waals surface area contributed by atoms with Gasteiger partial charge in [0.1, 0.15) is 0 Å². The van der Waals surface area contributed by atoms with Crippen molar-refractivity contribution < 1.29 is 9.59 Å². The van der Waals surface area contributed by atoms with Gasteiger partial charge in [-0.3, -0.25) is 9.59 Å². The van der Waals surface area contributed by atoms with Crippen molar-refractivity contribution in [3.05, 3.63) is 45.1 Å². The third-order valence-electron chi connectivity index (χ3n) is 3.55. The smallest absolute Gasteiger partial charge is 0.238 e. The highest BCUT2D eigenvalue weighted by molar-refractivity contribution is 8.01. The lowest BCUT2D eigenvalue weighted by atomic mass is 10.2. The predicted molar refractivity (Wildman–Crippen MR) is 95.2 cm³/mol. The van der Waals surface area contributed by atoms with Gasteiger partial charge >= 0.3 is 0 Å². The van der Waals surface area contributed by atoms with Crippen molar-refractivity contribution in [2.75, 3.05) is 5.32 Å². The van der Waals surface area contributed by atoms with Crippen molar-refractivity contribution in [1.82, 2.24) is 5.32 Å². The number of fused-ring (bicyclic) bond motifs is 1. The van der Waals surface area contributed by atoms with Gasteiger partial charge in [-0.05, 0) is 42.1 Å². The summed E-state index contributed by atoms with van der Waals surface area (Å²) in [6, 6.07) is 7.39. The number of aryl methyl sites for hydroxylation is 1. The number of thiophene rings is 1. The Balaban J connectivity index is 1.59. The second-order valence-electron chi connectivity index (χ2n) is 5.24. The summed E-state index contributed by atoms with van der Waals surface area (Å²) in [5.74, 6) is -0.282. The Hall–Kier alpha value is -1.50. The average molecular weight is 367 g/mol. The Morgan fingerprint density at radius 2 is 2.22 bits per heavy atom. The molecule has 0 saturated heterocycles. The van der Waals surface area contributed by atoms with E-state index >= 15 is 0 Å². The summed E-state index contributed by atoms with van der Waals surface area (Å²) < 4.78 is 0. The second kappa shape index (κ2) is 6.95. The number of carbonyl (C=O) groups is 2. The standard InChI is InChI=1S/C16H15ClN2O2S2/c1-9-4-5-22-14(9)8-18-15(20)7-13-16(21)19-11-6-10(17)2-3-12(11)23-13/h2-6,13H,7-8H2,1H3,(H,18,20)(H,19,21). The maximum absolute atomic E-state index is 12.1. The normalized spacial score (nSPS) is 16.6. The number of halogens is 1. The number of amides is 2. The average Bonchev–Trinajstić information content (AvgIpc) is 2.91. The van der Waals surface area contributed by atoms with Crippen molar-refractivity contribution in [2.45, 2.75) is 30.0 Å². The lowest BCUT2D eigenvalue weighted by Gasteiger charge is -2.23. The van der Waals surface area contributed by atoms with Gasteiger partial charge in [-0.25, -0.2) is 0 Å². The van der Waals surface area contributed by atoms with Crippen LogP contribution >= 0.6 is 34.7 Å². The van der Waals surface area contributed by atoms with E-state index in [1.165, 1.54) is 17.3 Å². The number of anilines is 1. The van der Waals surface area contributed by atoms with E-state index in [1.807, 2.05) is 24.4 Å². The maximum Gasteiger partial charge on any atom is 0.238 e. The number of thioether (sulfide) groups is 1. The van der Waals surface area contributed by atoms with E-state index in [4.69, 9.17) is 11.6 Å². The monoisotopic (exact) mass is 366 g/mol. The number of rotatable bonds is 4. The van der Waals surface area contributed by atoms with Crippen LogP contribution in [0.4, 0.5) is 5.69 Å². The SMILES string of the molecule is Cc1ccsc1CNC(=O)CC1Sc2ccc(Cl)cc2NC1=O. The minimum atomic E-state index is -0.423. The Morgan fingerprint density at radius 1 is 1.39 bits per heavy atom. The summed E-state index contributed by atoms with van der Waals surface area (Å²) in [7, 11) is 0. The minimum absolute atomic E-state index is 0.122. The zero-order chi connectivity index (χ0) is 16.4. The molecular weight excluding hydrogens is 352 g/mol. The van der Waals surface area contributed by atoms with E-state index < -0.39 is 5.25 Å². The number of hydrogen-bond donors (Lipinski definition) is 2. The van der Waals surface area contributed by atoms with Crippen molar-refractivity contribution in [1.29, 1.82) is 0 Å². The minimum Gasteiger partial charge on any atom is -0.351 e. The first kappa shape index (κ1) is 16.4. The molecule has 1 aromatic carbocycles. The molecule has 0 spiro atoms. The van der Waals surface area contributed by atoms with E-state index in [9.17, 15) is 9.59 Å². The quantitative estimate of drug-likeness (QED) is 0.864. The summed E-state index contributed by atoms with van der Waals surface area (Å²) in [5.41, 5.74) is 1.88. The zero-order valence-corrected chi connectivity index (χ0v) is 14.8. The Labute approximate surface area is 147 Å². The fourth-order valence-corrected chi connectivity index (χ4v) is 4.37. The number of benzene rings is 1. The van der Waals surface area contributed by atoms with E-state index in [2.05, 4.69) is 10.6 Å². The summed E-state index contributed by atoms with van der Waals surface area (Å²) in [6.45, 7) is 2.53. The molecule has 120 valence electrons. The number of carbonyl (C=O) groups excluding carboxylic acids is 2. The van der Waals surface area contributed by atoms with Crippen molar-refractivity contribution in [2.24, 2.45) is 0 Å². The molecule has 1 unspecified atom stereocenters. The van der Waals surface area contributed by atoms with Crippen LogP contribution in [-0.4, -0.2) is 17.1 Å². The highest BCUT2D eigenvalue weighted by Crippen LogP contribution is 2.38. The summed E-state index contributed by atoms with van der Waals surface area (Å²) in [4.78, 5) is 26.3. The molecule has 7 heteroatoms. The largest absolute Gasteiger partial charge is 0.351 e. The van der Waals surface area contributed by atoms with Crippen LogP contribution < -0.4 is 10.6 Å². The van der Waals surface area contributed by atoms with Crippen LogP contribution in [0.1, 0.15) is 16.9 Å². The molecule has 1 atom stereocenters. The third kappa shape index (κ3) is 3.88. The van der Waals surface area contributed by atoms with E-state index in [0.29, 0.717) is 17.3 Å². The van der Waals surface area contributed by atoms with Gasteiger partial charge in [0.25, 0.3) is 0 Å². The van der Waals surface area contributed by atoms with Crippen LogP contribution in [-0.2, 0) is 16.1 Å². The lowest BCUT2D eigenvalue weighted by molar-refractivity contribution is -0.124. The number of nitrogens with one attached hydrogen (secondary N) is 2. The molecule has 4 nitrogen and oxygen atoms in total. The predicted octanol–water partition coefficient (Wildman–Crippen LogP) is 3.83. The summed E-state index contributed by atoms with van der Waals surface area (Å²) >= 11 is 8.94. The number of hydrogen-bond acceptors (Lipinski definition) is 4. The maximum atomic E-state index is 12.1. The van der Waals surface area contributed by atoms with Crippen LogP contribution in [0.5, 0.6) is 0 Å². The van der Waals surface area contributed by atoms with Gasteiger partial charge in [0.05, 0.1) is 17.5 Å². The first-order chi connectivity index (χ1) is 11.0. The summed E-state index contributed by atoms with van der Waals surface area (Å²) in [6.07, 6.45) is 0.156. The van der Waals surface area contributed by atoms with E-state index in [0.717, 1.165) is 9.77 Å². The van der Waals surface area contributed by atoms with Crippen LogP contribution in [0, 0.1) is 6.92 Å². The molecule has 2 aromatic rings. The fourth-order valence-electron chi connectivity index (χ4n) is 2.26. The molecule has 0 aliphatic carbocycles. The lowest BCUT2D eigenvalue weighted by Crippen LogP contribution is -2.34. The van der Waals surface area contributed by atoms with Gasteiger partial charge in [-0.2, -0.15) is 0 Å². The van der Waals surface area contributed by atoms with Crippen LogP contribution in [0.2, 0.25) is 5.02 Å². The van der Waals surface area contributed by atoms with Gasteiger partial charge in [0, 0.05) is 21.2 Å². The topological polar surface area (TPSA) is 58.2 Å². The van der Waals surface area contributed by atoms with Crippen molar-refractivity contribution >= 4 is 52.2 Å². The van der Waals surface area contributed by atoms with E-state index in [-0.39, 0.29) is 18.2 Å². The molecule has 1 aromatic heterocycles. The molecule has 0 fully saturated rings. The van der Waals surface area contributed by atoms with Gasteiger partial charge in [0.15, 0.2) is 0 Å². The zero-order valence-electron chi connectivity index (χ0n) is 12.4. The highest BCUT2D eigenvalue weighted by Gasteiger charge is 2.29. The Kier molecular flexibility index (Phi) is 4.94. The van der Waals surface area contributed by atoms with Gasteiger partial charge < -0.3 is 10.6 Å². The molecular formula is C16H15ClN2O2S2. The highest BCUT2D eigenvalue weighted by atomic mass is 35.5.